The van der Waals surface area contributed by atoms with Crippen LogP contribution in [0.1, 0.15) is 101 Å². The highest BCUT2D eigenvalue weighted by molar-refractivity contribution is 6.14. The lowest BCUT2D eigenvalue weighted by molar-refractivity contribution is -0.174. The largest absolute Gasteiger partial charge is 0.393 e. The summed E-state index contributed by atoms with van der Waals surface area (Å²) in [5.41, 5.74) is 1.77. The number of benzene rings is 3. The van der Waals surface area contributed by atoms with Gasteiger partial charge in [-0.1, -0.05) is 124 Å². The summed E-state index contributed by atoms with van der Waals surface area (Å²) >= 11 is 0. The Balaban J connectivity index is 1.19. The average Bonchev–Trinajstić information content (AvgIpc) is 3.44. The van der Waals surface area contributed by atoms with Gasteiger partial charge in [0.2, 0.25) is 0 Å². The van der Waals surface area contributed by atoms with E-state index >= 15 is 4.79 Å². The highest BCUT2D eigenvalue weighted by Crippen LogP contribution is 2.78. The standard InChI is InChI=1S/C47H56N2O4/c1-5-28-49(42(52)48-32(2)33-14-8-6-9-15-33)31-46(53)25-22-40-44(46,4)24-21-39-43(3)23-20-35(50)29-45(43)26-27-47(39,40)38(30-45)41(51)37-19-13-12-18-36(37)34-16-10-7-11-17-34/h6-19,26-27,30,32,35,39-40,50,53H,5,20-25,28-29,31H2,1-4H3,(H,48,52). The van der Waals surface area contributed by atoms with E-state index in [1.54, 1.807) is 0 Å². The van der Waals surface area contributed by atoms with E-state index in [0.717, 1.165) is 60.8 Å². The minimum Gasteiger partial charge on any atom is -0.393 e. The molecule has 0 aliphatic heterocycles. The predicted octanol–water partition coefficient (Wildman–Crippen LogP) is 9.31. The van der Waals surface area contributed by atoms with Crippen molar-refractivity contribution in [2.45, 2.75) is 96.8 Å². The molecule has 9 unspecified atom stereocenters. The Morgan fingerprint density at radius 2 is 1.49 bits per heavy atom. The fourth-order valence-electron chi connectivity index (χ4n) is 12.2. The molecule has 3 aromatic carbocycles. The molecule has 6 nitrogen and oxygen atoms in total. The summed E-state index contributed by atoms with van der Waals surface area (Å²) in [6.07, 6.45) is 12.7. The molecule has 3 saturated carbocycles. The van der Waals surface area contributed by atoms with Crippen LogP contribution in [0.5, 0.6) is 0 Å². The minimum absolute atomic E-state index is 0.00541. The number of nitrogens with zero attached hydrogens (tertiary/aromatic N) is 1. The van der Waals surface area contributed by atoms with E-state index < -0.39 is 27.9 Å². The maximum Gasteiger partial charge on any atom is 0.317 e. The highest BCUT2D eigenvalue weighted by atomic mass is 16.3. The number of aliphatic hydroxyl groups is 2. The molecule has 0 heterocycles. The Bertz CT molecular complexity index is 1940. The second-order valence-electron chi connectivity index (χ2n) is 17.6. The van der Waals surface area contributed by atoms with Crippen LogP contribution in [0.15, 0.2) is 109 Å². The first-order valence-corrected chi connectivity index (χ1v) is 20.1. The van der Waals surface area contributed by atoms with Crippen LogP contribution < -0.4 is 5.32 Å². The SMILES string of the molecule is CCCN(CC1(O)CCC2C34C=CC5(C=C3C(=O)c3ccccc3-c3ccccc3)CC(O)CCC5(C)C4CCC21C)C(=O)NC(C)c1ccccc1. The molecule has 2 amide bonds. The molecule has 3 fully saturated rings. The van der Waals surface area contributed by atoms with Gasteiger partial charge < -0.3 is 20.4 Å². The predicted molar refractivity (Wildman–Crippen MR) is 210 cm³/mol. The van der Waals surface area contributed by atoms with Gasteiger partial charge in [-0.2, -0.15) is 0 Å². The summed E-state index contributed by atoms with van der Waals surface area (Å²) in [5.74, 6) is 0.259. The third-order valence-electron chi connectivity index (χ3n) is 15.1. The van der Waals surface area contributed by atoms with Gasteiger partial charge in [0.15, 0.2) is 5.78 Å². The van der Waals surface area contributed by atoms with E-state index in [9.17, 15) is 15.0 Å². The minimum atomic E-state index is -1.13. The summed E-state index contributed by atoms with van der Waals surface area (Å²) in [6.45, 7) is 9.55. The molecule has 0 aromatic heterocycles. The van der Waals surface area contributed by atoms with Crippen LogP contribution in [0.2, 0.25) is 0 Å². The average molecular weight is 713 g/mol. The smallest absolute Gasteiger partial charge is 0.317 e. The van der Waals surface area contributed by atoms with Crippen molar-refractivity contribution in [2.24, 2.45) is 33.5 Å². The van der Waals surface area contributed by atoms with Gasteiger partial charge >= 0.3 is 6.03 Å². The number of urea groups is 1. The van der Waals surface area contributed by atoms with Crippen LogP contribution in [0.25, 0.3) is 11.1 Å². The molecule has 6 aliphatic carbocycles. The molecule has 3 aromatic rings. The number of nitrogens with one attached hydrogen (secondary N) is 1. The molecule has 0 radical (unpaired) electrons. The zero-order chi connectivity index (χ0) is 37.2. The first-order valence-electron chi connectivity index (χ1n) is 20.1. The van der Waals surface area contributed by atoms with Crippen LogP contribution in [0, 0.1) is 33.5 Å². The van der Waals surface area contributed by atoms with Crippen LogP contribution in [-0.2, 0) is 0 Å². The van der Waals surface area contributed by atoms with Gasteiger partial charge in [-0.05, 0) is 92.2 Å². The Kier molecular flexibility index (Phi) is 8.89. The second kappa shape index (κ2) is 13.1. The molecule has 278 valence electrons. The summed E-state index contributed by atoms with van der Waals surface area (Å²) in [6, 6.07) is 27.8. The second-order valence-corrected chi connectivity index (χ2v) is 17.6. The fourth-order valence-corrected chi connectivity index (χ4v) is 12.2. The Labute approximate surface area is 315 Å². The fraction of sp³-hybridized carbons (Fsp3) is 0.489. The summed E-state index contributed by atoms with van der Waals surface area (Å²) in [5, 5.41) is 27.4. The topological polar surface area (TPSA) is 89.9 Å². The molecule has 9 atom stereocenters. The van der Waals surface area contributed by atoms with E-state index in [1.807, 2.05) is 84.6 Å². The monoisotopic (exact) mass is 712 g/mol. The number of amides is 2. The van der Waals surface area contributed by atoms with Crippen molar-refractivity contribution in [3.05, 3.63) is 120 Å². The van der Waals surface area contributed by atoms with Crippen molar-refractivity contribution < 1.29 is 19.8 Å². The third-order valence-corrected chi connectivity index (χ3v) is 15.1. The maximum absolute atomic E-state index is 15.4. The lowest BCUT2D eigenvalue weighted by Gasteiger charge is -2.71. The number of Topliss-reactive ketones (excluding diaryl/α,β-unsaturated/α-hetero) is 1. The molecule has 0 saturated heterocycles. The number of hydrogen-bond acceptors (Lipinski definition) is 4. The first-order chi connectivity index (χ1) is 25.4. The summed E-state index contributed by atoms with van der Waals surface area (Å²) < 4.78 is 0. The molecular formula is C47H56N2O4. The molecule has 6 heteroatoms. The Hall–Kier alpha value is -4.00. The zero-order valence-corrected chi connectivity index (χ0v) is 31.9. The number of hydrogen-bond donors (Lipinski definition) is 3. The normalized spacial score (nSPS) is 35.7. The molecule has 9 rings (SSSR count). The number of aliphatic hydroxyl groups excluding tert-OH is 1. The maximum atomic E-state index is 15.4. The number of ketones is 1. The van der Waals surface area contributed by atoms with E-state index in [1.165, 1.54) is 0 Å². The number of carbonyl (C=O) groups excluding carboxylic acids is 2. The first kappa shape index (κ1) is 36.0. The van der Waals surface area contributed by atoms with Gasteiger partial charge in [-0.15, -0.1) is 0 Å². The zero-order valence-electron chi connectivity index (χ0n) is 31.9. The van der Waals surface area contributed by atoms with Gasteiger partial charge in [0.05, 0.1) is 24.3 Å². The van der Waals surface area contributed by atoms with E-state index in [-0.39, 0.29) is 41.7 Å². The van der Waals surface area contributed by atoms with Crippen molar-refractivity contribution in [2.75, 3.05) is 13.1 Å². The number of rotatable bonds is 9. The Morgan fingerprint density at radius 3 is 2.23 bits per heavy atom. The van der Waals surface area contributed by atoms with Gasteiger partial charge in [-0.3, -0.25) is 4.79 Å². The lowest BCUT2D eigenvalue weighted by Crippen LogP contribution is -2.67. The van der Waals surface area contributed by atoms with Crippen LogP contribution in [0.3, 0.4) is 0 Å². The van der Waals surface area contributed by atoms with Gasteiger partial charge in [0.25, 0.3) is 0 Å². The number of carbonyl (C=O) groups is 2. The van der Waals surface area contributed by atoms with E-state index in [2.05, 4.69) is 56.4 Å². The number of fused-ring (bicyclic) bond motifs is 1. The number of allylic oxidation sites excluding steroid dienone is 4. The summed E-state index contributed by atoms with van der Waals surface area (Å²) in [7, 11) is 0. The Morgan fingerprint density at radius 1 is 0.849 bits per heavy atom. The van der Waals surface area contributed by atoms with Crippen LogP contribution in [-0.4, -0.2) is 51.7 Å². The van der Waals surface area contributed by atoms with Gasteiger partial charge in [0.1, 0.15) is 0 Å². The molecule has 2 bridgehead atoms. The molecule has 6 aliphatic rings. The van der Waals surface area contributed by atoms with Gasteiger partial charge in [-0.25, -0.2) is 4.79 Å². The highest BCUT2D eigenvalue weighted by Gasteiger charge is 2.74. The van der Waals surface area contributed by atoms with Crippen molar-refractivity contribution in [3.63, 3.8) is 0 Å². The van der Waals surface area contributed by atoms with Crippen molar-refractivity contribution >= 4 is 11.8 Å². The molecule has 3 N–H and O–H groups in total. The molecular weight excluding hydrogens is 657 g/mol. The van der Waals surface area contributed by atoms with Crippen molar-refractivity contribution in [1.82, 2.24) is 10.2 Å². The molecule has 53 heavy (non-hydrogen) atoms. The lowest BCUT2D eigenvalue weighted by atomic mass is 9.32. The van der Waals surface area contributed by atoms with Crippen molar-refractivity contribution in [3.8, 4) is 11.1 Å². The summed E-state index contributed by atoms with van der Waals surface area (Å²) in [4.78, 5) is 31.2. The third kappa shape index (κ3) is 5.33. The molecule has 2 spiro atoms. The quantitative estimate of drug-likeness (QED) is 0.152. The van der Waals surface area contributed by atoms with Crippen LogP contribution in [0.4, 0.5) is 4.79 Å². The van der Waals surface area contributed by atoms with Crippen molar-refractivity contribution in [1.29, 1.82) is 0 Å². The van der Waals surface area contributed by atoms with E-state index in [4.69, 9.17) is 0 Å². The van der Waals surface area contributed by atoms with Crippen LogP contribution >= 0.6 is 0 Å². The van der Waals surface area contributed by atoms with E-state index in [0.29, 0.717) is 24.9 Å². The van der Waals surface area contributed by atoms with Gasteiger partial charge in [0, 0.05) is 33.9 Å².